The number of aromatic nitrogens is 2. The van der Waals surface area contributed by atoms with Crippen molar-refractivity contribution in [3.63, 3.8) is 0 Å². The number of ether oxygens (including phenoxy) is 1. The maximum atomic E-state index is 10.3. The molecule has 0 aromatic carbocycles. The van der Waals surface area contributed by atoms with Gasteiger partial charge in [-0.15, -0.1) is 11.3 Å². The second kappa shape index (κ2) is 12.0. The summed E-state index contributed by atoms with van der Waals surface area (Å²) in [5, 5.41) is 40.1. The molecule has 0 amide bonds. The summed E-state index contributed by atoms with van der Waals surface area (Å²) in [6, 6.07) is 4.09. The Balaban J connectivity index is 0.000000330. The normalized spacial score (nSPS) is 11.0. The molecular weight excluding hydrogens is 430 g/mol. The summed E-state index contributed by atoms with van der Waals surface area (Å²) >= 11 is 1.74. The molecule has 0 saturated heterocycles. The number of aryl methyl sites for hydroxylation is 1. The van der Waals surface area contributed by atoms with Crippen LogP contribution in [0.25, 0.3) is 0 Å². The van der Waals surface area contributed by atoms with E-state index in [9.17, 15) is 14.4 Å². The first kappa shape index (κ1) is 26.1. The lowest BCUT2D eigenvalue weighted by Crippen LogP contribution is -2.42. The number of rotatable bonds is 11. The minimum Gasteiger partial charge on any atom is -0.491 e. The van der Waals surface area contributed by atoms with Gasteiger partial charge in [0.25, 0.3) is 0 Å². The van der Waals surface area contributed by atoms with Gasteiger partial charge in [0.1, 0.15) is 12.4 Å². The molecule has 12 heteroatoms. The Labute approximate surface area is 183 Å². The second-order valence-corrected chi connectivity index (χ2v) is 7.96. The van der Waals surface area contributed by atoms with E-state index in [0.717, 1.165) is 25.3 Å². The Kier molecular flexibility index (Phi) is 10.1. The molecule has 2 heterocycles. The minimum absolute atomic E-state index is 0.724. The summed E-state index contributed by atoms with van der Waals surface area (Å²) in [5.41, 5.74) is -1.53. The lowest BCUT2D eigenvalue weighted by Gasteiger charge is -2.18. The van der Waals surface area contributed by atoms with Gasteiger partial charge in [-0.25, -0.2) is 4.79 Å². The van der Waals surface area contributed by atoms with Crippen molar-refractivity contribution in [3.05, 3.63) is 34.3 Å². The predicted molar refractivity (Wildman–Crippen MR) is 111 cm³/mol. The first-order valence-electron chi connectivity index (χ1n) is 9.14. The van der Waals surface area contributed by atoms with E-state index in [-0.39, 0.29) is 0 Å². The van der Waals surface area contributed by atoms with Crippen molar-refractivity contribution in [2.45, 2.75) is 24.9 Å². The average Bonchev–Trinajstić information content (AvgIpc) is 3.23. The van der Waals surface area contributed by atoms with Gasteiger partial charge >= 0.3 is 17.9 Å². The number of aliphatic carboxylic acids is 3. The highest BCUT2D eigenvalue weighted by Crippen LogP contribution is 2.27. The molecule has 2 aromatic heterocycles. The summed E-state index contributed by atoms with van der Waals surface area (Å²) in [5.74, 6) is -4.02. The van der Waals surface area contributed by atoms with Gasteiger partial charge in [-0.1, -0.05) is 0 Å². The molecule has 0 fully saturated rings. The zero-order chi connectivity index (χ0) is 23.6. The maximum absolute atomic E-state index is 10.3. The van der Waals surface area contributed by atoms with Crippen LogP contribution in [0, 0.1) is 0 Å². The highest BCUT2D eigenvalue weighted by atomic mass is 32.1. The number of thiophene rings is 1. The summed E-state index contributed by atoms with van der Waals surface area (Å²) < 4.78 is 7.72. The van der Waals surface area contributed by atoms with Gasteiger partial charge in [-0.2, -0.15) is 5.10 Å². The molecule has 2 aromatic rings. The number of likely N-dealkylation sites (N-methyl/N-ethyl adjacent to an activating group) is 1. The third-order valence-corrected chi connectivity index (χ3v) is 4.95. The van der Waals surface area contributed by atoms with Crippen LogP contribution < -0.4 is 4.74 Å². The zero-order valence-corrected chi connectivity index (χ0v) is 18.3. The van der Waals surface area contributed by atoms with Gasteiger partial charge < -0.3 is 30.1 Å². The van der Waals surface area contributed by atoms with Crippen molar-refractivity contribution in [2.24, 2.45) is 7.05 Å². The number of carboxylic acids is 3. The van der Waals surface area contributed by atoms with Crippen LogP contribution >= 0.6 is 11.3 Å². The van der Waals surface area contributed by atoms with Crippen molar-refractivity contribution in [1.82, 2.24) is 14.7 Å². The van der Waals surface area contributed by atoms with E-state index < -0.39 is 36.4 Å². The van der Waals surface area contributed by atoms with Crippen LogP contribution in [0.4, 0.5) is 0 Å². The number of hydrogen-bond donors (Lipinski definition) is 4. The van der Waals surface area contributed by atoms with Crippen molar-refractivity contribution < 1.29 is 39.5 Å². The van der Waals surface area contributed by atoms with Crippen molar-refractivity contribution in [2.75, 3.05) is 27.2 Å². The van der Waals surface area contributed by atoms with E-state index in [4.69, 9.17) is 25.2 Å². The first-order chi connectivity index (χ1) is 14.4. The Morgan fingerprint density at radius 2 is 1.77 bits per heavy atom. The average molecular weight is 458 g/mol. The summed E-state index contributed by atoms with van der Waals surface area (Å²) in [6.07, 6.45) is 0.421. The minimum atomic E-state index is -2.74. The molecular formula is C19H27N3O8S. The molecule has 2 rings (SSSR count). The van der Waals surface area contributed by atoms with Crippen LogP contribution in [0.5, 0.6) is 5.75 Å². The lowest BCUT2D eigenvalue weighted by atomic mass is 9.96. The Morgan fingerprint density at radius 1 is 1.16 bits per heavy atom. The quantitative estimate of drug-likeness (QED) is 0.379. The zero-order valence-electron chi connectivity index (χ0n) is 17.5. The van der Waals surface area contributed by atoms with Crippen molar-refractivity contribution >= 4 is 29.2 Å². The molecule has 0 atom stereocenters. The molecule has 0 aliphatic carbocycles. The standard InChI is InChI=1S/C13H19N3OS.C6H8O7/c1-15(2)7-8-17-12-5-9-18-13(12)10-11-4-6-14-16(11)3;7-3(8)1-6(13,5(11)12)2-4(9)10/h4-6,9H,7-8,10H2,1-3H3;13H,1-2H2,(H,7,8)(H,9,10)(H,11,12). The molecule has 0 unspecified atom stereocenters. The van der Waals surface area contributed by atoms with E-state index in [1.807, 2.05) is 44.2 Å². The Bertz CT molecular complexity index is 861. The number of carboxylic acid groups (broad SMARTS) is 3. The topological polar surface area (TPSA) is 162 Å². The smallest absolute Gasteiger partial charge is 0.336 e. The summed E-state index contributed by atoms with van der Waals surface area (Å²) in [7, 11) is 6.07. The highest BCUT2D eigenvalue weighted by Gasteiger charge is 2.40. The molecule has 172 valence electrons. The monoisotopic (exact) mass is 457 g/mol. The molecule has 0 bridgehead atoms. The fourth-order valence-corrected chi connectivity index (χ4v) is 3.21. The van der Waals surface area contributed by atoms with Crippen molar-refractivity contribution in [3.8, 4) is 5.75 Å². The summed E-state index contributed by atoms with van der Waals surface area (Å²) in [6.45, 7) is 1.66. The number of hydrogen-bond acceptors (Lipinski definition) is 8. The van der Waals surface area contributed by atoms with E-state index in [0.29, 0.717) is 0 Å². The third kappa shape index (κ3) is 9.15. The lowest BCUT2D eigenvalue weighted by molar-refractivity contribution is -0.170. The number of nitrogens with zero attached hydrogens (tertiary/aromatic N) is 3. The molecule has 0 spiro atoms. The fourth-order valence-electron chi connectivity index (χ4n) is 2.38. The second-order valence-electron chi connectivity index (χ2n) is 6.96. The van der Waals surface area contributed by atoms with Crippen LogP contribution in [-0.4, -0.2) is 85.9 Å². The van der Waals surface area contributed by atoms with E-state index in [1.54, 1.807) is 11.3 Å². The highest BCUT2D eigenvalue weighted by molar-refractivity contribution is 7.10. The molecule has 11 nitrogen and oxygen atoms in total. The van der Waals surface area contributed by atoms with Crippen molar-refractivity contribution in [1.29, 1.82) is 0 Å². The molecule has 31 heavy (non-hydrogen) atoms. The SMILES string of the molecule is CN(C)CCOc1ccsc1Cc1ccnn1C.O=C(O)CC(O)(CC(=O)O)C(=O)O. The van der Waals surface area contributed by atoms with Gasteiger partial charge in [0.2, 0.25) is 0 Å². The maximum Gasteiger partial charge on any atom is 0.336 e. The molecule has 0 radical (unpaired) electrons. The van der Waals surface area contributed by atoms with Gasteiger partial charge in [0, 0.05) is 31.9 Å². The molecule has 4 N–H and O–H groups in total. The van der Waals surface area contributed by atoms with E-state index in [2.05, 4.69) is 15.4 Å². The Hall–Kier alpha value is -2.96. The number of aliphatic hydroxyl groups is 1. The van der Waals surface area contributed by atoms with Gasteiger partial charge in [-0.3, -0.25) is 14.3 Å². The molecule has 0 saturated carbocycles. The van der Waals surface area contributed by atoms with Crippen LogP contribution in [-0.2, 0) is 27.9 Å². The largest absolute Gasteiger partial charge is 0.491 e. The van der Waals surface area contributed by atoms with E-state index in [1.165, 1.54) is 10.6 Å². The third-order valence-electron chi connectivity index (χ3n) is 4.05. The van der Waals surface area contributed by atoms with Crippen LogP contribution in [0.2, 0.25) is 0 Å². The van der Waals surface area contributed by atoms with Crippen LogP contribution in [0.15, 0.2) is 23.7 Å². The molecule has 0 aliphatic heterocycles. The van der Waals surface area contributed by atoms with Gasteiger partial charge in [0.05, 0.1) is 17.7 Å². The van der Waals surface area contributed by atoms with Gasteiger partial charge in [-0.05, 0) is 31.6 Å². The summed E-state index contributed by atoms with van der Waals surface area (Å²) in [4.78, 5) is 33.9. The predicted octanol–water partition coefficient (Wildman–Crippen LogP) is 0.764. The Morgan fingerprint density at radius 3 is 2.23 bits per heavy atom. The van der Waals surface area contributed by atoms with E-state index >= 15 is 0 Å². The first-order valence-corrected chi connectivity index (χ1v) is 10.0. The number of carbonyl (C=O) groups is 3. The fraction of sp³-hybridized carbons (Fsp3) is 0.474. The van der Waals surface area contributed by atoms with Crippen LogP contribution in [0.1, 0.15) is 23.4 Å². The van der Waals surface area contributed by atoms with Crippen LogP contribution in [0.3, 0.4) is 0 Å². The van der Waals surface area contributed by atoms with Gasteiger partial charge in [0.15, 0.2) is 5.60 Å². The molecule has 0 aliphatic rings.